The summed E-state index contributed by atoms with van der Waals surface area (Å²) < 4.78 is 21.0. The monoisotopic (exact) mass is 814 g/mol. The van der Waals surface area contributed by atoms with Crippen molar-refractivity contribution in [3.63, 3.8) is 0 Å². The molecule has 0 aromatic heterocycles. The first kappa shape index (κ1) is 36.6. The van der Waals surface area contributed by atoms with Crippen LogP contribution >= 0.6 is 7.44 Å². The van der Waals surface area contributed by atoms with Crippen molar-refractivity contribution < 1.29 is 4.57 Å². The first-order valence-electron chi connectivity index (χ1n) is 21.6. The van der Waals surface area contributed by atoms with Gasteiger partial charge in [0.2, 0.25) is 0 Å². The second-order valence-electron chi connectivity index (χ2n) is 16.8. The lowest BCUT2D eigenvalue weighted by Crippen LogP contribution is -2.29. The van der Waals surface area contributed by atoms with E-state index in [1.54, 1.807) is 0 Å². The van der Waals surface area contributed by atoms with E-state index in [4.69, 9.17) is 0 Å². The van der Waals surface area contributed by atoms with Gasteiger partial charge < -0.3 is 0 Å². The van der Waals surface area contributed by atoms with Crippen LogP contribution in [0.25, 0.3) is 22.3 Å². The van der Waals surface area contributed by atoms with Crippen molar-refractivity contribution in [3.05, 3.63) is 269 Å². The van der Waals surface area contributed by atoms with Crippen LogP contribution in [0.15, 0.2) is 231 Å². The molecule has 4 heteroatoms. The zero-order valence-electron chi connectivity index (χ0n) is 34.2. The van der Waals surface area contributed by atoms with Gasteiger partial charge >= 0.3 is 7.44 Å². The second kappa shape index (κ2) is 14.5. The van der Waals surface area contributed by atoms with Crippen LogP contribution in [0.5, 0.6) is 0 Å². The Balaban J connectivity index is 1.12. The van der Waals surface area contributed by atoms with E-state index >= 15 is 4.57 Å². The minimum atomic E-state index is -3.60. The van der Waals surface area contributed by atoms with Crippen molar-refractivity contribution in [2.24, 2.45) is 0 Å². The summed E-state index contributed by atoms with van der Waals surface area (Å²) in [6.07, 6.45) is 1.80. The number of rotatable bonds is 7. The molecule has 0 radical (unpaired) electrons. The molecular weight excluding hydrogens is 772 g/mol. The Morgan fingerprint density at radius 3 is 1.56 bits per heavy atom. The van der Waals surface area contributed by atoms with Crippen LogP contribution in [0.2, 0.25) is 0 Å². The Labute approximate surface area is 363 Å². The zero-order chi connectivity index (χ0) is 41.3. The van der Waals surface area contributed by atoms with E-state index in [0.717, 1.165) is 46.5 Å². The second-order valence-corrected chi connectivity index (χ2v) is 19.2. The maximum absolute atomic E-state index is 16.8. The zero-order valence-corrected chi connectivity index (χ0v) is 35.1. The van der Waals surface area contributed by atoms with Crippen molar-refractivity contribution in [3.8, 4) is 22.3 Å². The highest BCUT2D eigenvalue weighted by molar-refractivity contribution is 7.76. The van der Waals surface area contributed by atoms with Gasteiger partial charge in [0.25, 0.3) is 0 Å². The average molecular weight is 815 g/mol. The fraction of sp³-hybridized carbons (Fsp3) is 0.0690. The largest absolute Gasteiger partial charge is 0.301 e. The van der Waals surface area contributed by atoms with Crippen LogP contribution in [0.4, 0.5) is 22.7 Å². The molecule has 1 atom stereocenters. The van der Waals surface area contributed by atoms with Crippen molar-refractivity contribution in [2.45, 2.75) is 24.2 Å². The molecule has 9 aromatic rings. The maximum atomic E-state index is 16.8. The van der Waals surface area contributed by atoms with Crippen LogP contribution in [0.3, 0.4) is 0 Å². The lowest BCUT2D eigenvalue weighted by atomic mass is 9.66. The molecule has 1 heterocycles. The maximum Gasteiger partial charge on any atom is 0.301 e. The summed E-state index contributed by atoms with van der Waals surface area (Å²) in [6, 6.07) is 82.6. The summed E-state index contributed by atoms with van der Waals surface area (Å²) in [5.41, 5.74) is 17.1. The molecule has 3 nitrogen and oxygen atoms in total. The molecule has 0 N–H and O–H groups in total. The van der Waals surface area contributed by atoms with Crippen LogP contribution in [-0.4, -0.2) is 0 Å². The first-order chi connectivity index (χ1) is 30.6. The third-order valence-corrected chi connectivity index (χ3v) is 16.4. The molecule has 1 aliphatic heterocycles. The van der Waals surface area contributed by atoms with Crippen molar-refractivity contribution in [2.75, 3.05) is 9.34 Å². The molecule has 0 spiro atoms. The summed E-state index contributed by atoms with van der Waals surface area (Å²) in [6.45, 7) is 0. The Morgan fingerprint density at radius 2 is 0.968 bits per heavy atom. The Hall–Kier alpha value is -7.19. The summed E-state index contributed by atoms with van der Waals surface area (Å²) in [7, 11) is -3.60. The summed E-state index contributed by atoms with van der Waals surface area (Å²) in [5, 5.41) is 0.802. The molecular formula is C58H43N2OP. The Kier molecular flexibility index (Phi) is 8.56. The van der Waals surface area contributed by atoms with E-state index in [2.05, 4.69) is 191 Å². The molecule has 0 fully saturated rings. The number of anilines is 4. The average Bonchev–Trinajstić information content (AvgIpc) is 3.79. The van der Waals surface area contributed by atoms with Gasteiger partial charge in [-0.2, -0.15) is 0 Å². The van der Waals surface area contributed by atoms with Gasteiger partial charge in [0.05, 0.1) is 22.1 Å². The fourth-order valence-electron chi connectivity index (χ4n) is 10.9. The highest BCUT2D eigenvalue weighted by atomic mass is 31.2. The lowest BCUT2D eigenvalue weighted by Gasteiger charge is -2.36. The smallest absolute Gasteiger partial charge is 0.270 e. The molecule has 0 saturated heterocycles. The van der Waals surface area contributed by atoms with Crippen LogP contribution in [0, 0.1) is 0 Å². The van der Waals surface area contributed by atoms with Crippen LogP contribution in [-0.2, 0) is 22.8 Å². The number of nitrogens with zero attached hydrogens (tertiary/aromatic N) is 2. The third-order valence-electron chi connectivity index (χ3n) is 13.5. The van der Waals surface area contributed by atoms with Crippen LogP contribution in [0.1, 0.15) is 44.9 Å². The van der Waals surface area contributed by atoms with Gasteiger partial charge in [0, 0.05) is 11.4 Å². The molecule has 296 valence electrons. The molecule has 9 aromatic carbocycles. The number of hydrogen-bond acceptors (Lipinski definition) is 1. The SMILES string of the molecule is O=P1(c2ccc3c(c2)-c2cc4c(cc2C(Cc2ccccc2)C3)C(c2ccccc2)(c2ccccc2)c2ccccc2-4)N(c2ccccc2)c2ccccc2N1c1ccccc1. The van der Waals surface area contributed by atoms with E-state index in [9.17, 15) is 0 Å². The number of hydrogen-bond donors (Lipinski definition) is 0. The number of fused-ring (bicyclic) bond motifs is 7. The standard InChI is InChI=1S/C58H43N2OP/c61-62(59(46-26-12-4-13-27-46)56-32-18-19-33-57(56)60(62)47-28-14-5-15-29-47)48-35-34-42-37-43(36-41-20-6-1-7-21-41)51-40-55-53(39-52(51)50(42)38-48)49-30-16-17-31-54(49)58(55,44-22-8-2-9-23-44)45-24-10-3-11-25-45/h1-35,38-40,43H,36-37H2. The van der Waals surface area contributed by atoms with Gasteiger partial charge in [0.15, 0.2) is 0 Å². The van der Waals surface area contributed by atoms with Gasteiger partial charge in [-0.15, -0.1) is 0 Å². The van der Waals surface area contributed by atoms with Crippen molar-refractivity contribution in [1.29, 1.82) is 0 Å². The predicted octanol–water partition coefficient (Wildman–Crippen LogP) is 14.4. The molecule has 2 aliphatic carbocycles. The minimum Gasteiger partial charge on any atom is -0.270 e. The molecule has 0 saturated carbocycles. The van der Waals surface area contributed by atoms with Gasteiger partial charge in [-0.1, -0.05) is 176 Å². The first-order valence-corrected chi connectivity index (χ1v) is 23.2. The van der Waals surface area contributed by atoms with Gasteiger partial charge in [0.1, 0.15) is 0 Å². The molecule has 62 heavy (non-hydrogen) atoms. The van der Waals surface area contributed by atoms with E-state index in [-0.39, 0.29) is 5.92 Å². The van der Waals surface area contributed by atoms with E-state index < -0.39 is 12.9 Å². The minimum absolute atomic E-state index is 0.234. The van der Waals surface area contributed by atoms with Crippen molar-refractivity contribution >= 4 is 35.5 Å². The Morgan fingerprint density at radius 1 is 0.452 bits per heavy atom. The highest BCUT2D eigenvalue weighted by Crippen LogP contribution is 2.70. The number of benzene rings is 9. The molecule has 12 rings (SSSR count). The molecule has 1 unspecified atom stereocenters. The summed E-state index contributed by atoms with van der Waals surface area (Å²) >= 11 is 0. The third kappa shape index (κ3) is 5.41. The normalized spacial score (nSPS) is 16.2. The predicted molar refractivity (Wildman–Crippen MR) is 257 cm³/mol. The summed E-state index contributed by atoms with van der Waals surface area (Å²) in [5.74, 6) is 0.234. The summed E-state index contributed by atoms with van der Waals surface area (Å²) in [4.78, 5) is 0. The van der Waals surface area contributed by atoms with E-state index in [1.165, 1.54) is 55.6 Å². The highest BCUT2D eigenvalue weighted by Gasteiger charge is 2.50. The Bertz CT molecular complexity index is 3060. The van der Waals surface area contributed by atoms with E-state index in [0.29, 0.717) is 0 Å². The molecule has 0 amide bonds. The van der Waals surface area contributed by atoms with Gasteiger partial charge in [-0.3, -0.25) is 13.9 Å². The van der Waals surface area contributed by atoms with Crippen LogP contribution < -0.4 is 14.6 Å². The molecule has 0 bridgehead atoms. The lowest BCUT2D eigenvalue weighted by molar-refractivity contribution is 0.582. The number of para-hydroxylation sites is 4. The molecule has 3 aliphatic rings. The fourth-order valence-corrected chi connectivity index (χ4v) is 13.9. The van der Waals surface area contributed by atoms with E-state index in [1.807, 2.05) is 48.5 Å². The topological polar surface area (TPSA) is 23.6 Å². The van der Waals surface area contributed by atoms with Gasteiger partial charge in [-0.25, -0.2) is 0 Å². The van der Waals surface area contributed by atoms with Gasteiger partial charge in [-0.05, 0) is 135 Å². The quantitative estimate of drug-likeness (QED) is 0.150. The van der Waals surface area contributed by atoms with Crippen molar-refractivity contribution in [1.82, 2.24) is 0 Å².